The van der Waals surface area contributed by atoms with Crippen LogP contribution in [0.4, 0.5) is 0 Å². The Bertz CT molecular complexity index is 907. The number of benzene rings is 3. The van der Waals surface area contributed by atoms with Crippen molar-refractivity contribution in [1.29, 1.82) is 0 Å². The lowest BCUT2D eigenvalue weighted by Gasteiger charge is -2.14. The number of fused-ring (bicyclic) bond motifs is 1. The average molecular weight is 393 g/mol. The van der Waals surface area contributed by atoms with Gasteiger partial charge >= 0.3 is 0 Å². The number of hydrogen-bond donors (Lipinski definition) is 2. The fourth-order valence-electron chi connectivity index (χ4n) is 3.49. The van der Waals surface area contributed by atoms with Crippen LogP contribution in [0.3, 0.4) is 0 Å². The van der Waals surface area contributed by atoms with Crippen LogP contribution >= 0.6 is 15.9 Å². The van der Waals surface area contributed by atoms with Gasteiger partial charge < -0.3 is 10.2 Å². The van der Waals surface area contributed by atoms with E-state index in [0.717, 1.165) is 34.0 Å². The van der Waals surface area contributed by atoms with Gasteiger partial charge in [0.2, 0.25) is 0 Å². The van der Waals surface area contributed by atoms with E-state index >= 15 is 0 Å². The first-order chi connectivity index (χ1) is 12.1. The third-order valence-corrected chi connectivity index (χ3v) is 5.14. The van der Waals surface area contributed by atoms with E-state index in [0.29, 0.717) is 0 Å². The Hall–Kier alpha value is -2.52. The van der Waals surface area contributed by atoms with Gasteiger partial charge in [0.05, 0.1) is 0 Å². The average Bonchev–Trinajstić information content (AvgIpc) is 3.01. The van der Waals surface area contributed by atoms with Crippen LogP contribution in [-0.4, -0.2) is 10.2 Å². The molecule has 0 bridgehead atoms. The molecular weight excluding hydrogens is 376 g/mol. The molecule has 0 spiro atoms. The highest BCUT2D eigenvalue weighted by Crippen LogP contribution is 2.42. The predicted octanol–water partition coefficient (Wildman–Crippen LogP) is 5.77. The molecule has 0 heterocycles. The van der Waals surface area contributed by atoms with Crippen molar-refractivity contribution in [1.82, 2.24) is 0 Å². The summed E-state index contributed by atoms with van der Waals surface area (Å²) < 4.78 is 1.10. The molecule has 3 heteroatoms. The van der Waals surface area contributed by atoms with E-state index in [9.17, 15) is 10.2 Å². The Balaban J connectivity index is 1.96. The summed E-state index contributed by atoms with van der Waals surface area (Å²) in [6.45, 7) is 0. The molecule has 1 aliphatic carbocycles. The normalized spacial score (nSPS) is 12.9. The summed E-state index contributed by atoms with van der Waals surface area (Å²) in [5.74, 6) is 0.518. The molecular formula is C22H17BrO2. The highest BCUT2D eigenvalue weighted by molar-refractivity contribution is 9.10. The zero-order valence-electron chi connectivity index (χ0n) is 13.5. The maximum atomic E-state index is 9.64. The largest absolute Gasteiger partial charge is 0.508 e. The number of hydrogen-bond acceptors (Lipinski definition) is 2. The summed E-state index contributed by atoms with van der Waals surface area (Å²) >= 11 is 3.56. The molecule has 0 saturated heterocycles. The Morgan fingerprint density at radius 3 is 1.84 bits per heavy atom. The molecule has 124 valence electrons. The van der Waals surface area contributed by atoms with Gasteiger partial charge in [0, 0.05) is 4.47 Å². The number of phenols is 2. The lowest BCUT2D eigenvalue weighted by atomic mass is 9.90. The number of aryl methyl sites for hydroxylation is 1. The van der Waals surface area contributed by atoms with Gasteiger partial charge in [0.25, 0.3) is 0 Å². The van der Waals surface area contributed by atoms with Gasteiger partial charge in [-0.05, 0) is 82.6 Å². The number of aromatic hydroxyl groups is 2. The summed E-state index contributed by atoms with van der Waals surface area (Å²) in [4.78, 5) is 0. The smallest absolute Gasteiger partial charge is 0.115 e. The molecule has 3 aromatic carbocycles. The first-order valence-electron chi connectivity index (χ1n) is 8.22. The molecule has 0 aromatic heterocycles. The minimum Gasteiger partial charge on any atom is -0.508 e. The zero-order valence-corrected chi connectivity index (χ0v) is 15.1. The van der Waals surface area contributed by atoms with Gasteiger partial charge in [0.1, 0.15) is 11.5 Å². The summed E-state index contributed by atoms with van der Waals surface area (Å²) in [6, 6.07) is 21.1. The summed E-state index contributed by atoms with van der Waals surface area (Å²) in [5.41, 5.74) is 7.21. The van der Waals surface area contributed by atoms with E-state index in [1.807, 2.05) is 24.3 Å². The Morgan fingerprint density at radius 1 is 0.720 bits per heavy atom. The minimum absolute atomic E-state index is 0.259. The number of allylic oxidation sites excluding steroid dienone is 1. The quantitative estimate of drug-likeness (QED) is 0.581. The number of phenolic OH excluding ortho intramolecular Hbond substituents is 2. The monoisotopic (exact) mass is 392 g/mol. The van der Waals surface area contributed by atoms with Gasteiger partial charge in [-0.2, -0.15) is 0 Å². The van der Waals surface area contributed by atoms with Crippen molar-refractivity contribution in [2.75, 3.05) is 0 Å². The molecule has 2 nitrogen and oxygen atoms in total. The van der Waals surface area contributed by atoms with Gasteiger partial charge in [-0.25, -0.2) is 0 Å². The highest BCUT2D eigenvalue weighted by Gasteiger charge is 2.22. The number of halogens is 1. The third kappa shape index (κ3) is 3.08. The molecule has 0 unspecified atom stereocenters. The molecule has 2 N–H and O–H groups in total. The van der Waals surface area contributed by atoms with Crippen molar-refractivity contribution in [3.63, 3.8) is 0 Å². The summed E-state index contributed by atoms with van der Waals surface area (Å²) in [5, 5.41) is 19.3. The summed E-state index contributed by atoms with van der Waals surface area (Å²) in [7, 11) is 0. The van der Waals surface area contributed by atoms with Crippen LogP contribution in [0.1, 0.15) is 28.7 Å². The maximum absolute atomic E-state index is 9.64. The predicted molar refractivity (Wildman–Crippen MR) is 105 cm³/mol. The third-order valence-electron chi connectivity index (χ3n) is 4.65. The van der Waals surface area contributed by atoms with Crippen LogP contribution in [0, 0.1) is 0 Å². The van der Waals surface area contributed by atoms with Gasteiger partial charge in [-0.1, -0.05) is 46.3 Å². The lowest BCUT2D eigenvalue weighted by Crippen LogP contribution is -1.93. The van der Waals surface area contributed by atoms with Crippen molar-refractivity contribution in [3.05, 3.63) is 93.5 Å². The molecule has 0 aliphatic heterocycles. The first-order valence-corrected chi connectivity index (χ1v) is 9.02. The van der Waals surface area contributed by atoms with Gasteiger partial charge in [-0.3, -0.25) is 0 Å². The Morgan fingerprint density at radius 2 is 1.28 bits per heavy atom. The zero-order chi connectivity index (χ0) is 17.4. The molecule has 0 atom stereocenters. The van der Waals surface area contributed by atoms with E-state index < -0.39 is 0 Å². The van der Waals surface area contributed by atoms with E-state index in [4.69, 9.17) is 0 Å². The van der Waals surface area contributed by atoms with E-state index in [1.54, 1.807) is 24.3 Å². The van der Waals surface area contributed by atoms with Crippen LogP contribution in [0.5, 0.6) is 11.5 Å². The molecule has 1 aliphatic rings. The molecule has 3 aromatic rings. The van der Waals surface area contributed by atoms with Crippen molar-refractivity contribution < 1.29 is 10.2 Å². The fraction of sp³-hybridized carbons (Fsp3) is 0.0909. The highest BCUT2D eigenvalue weighted by atomic mass is 79.9. The van der Waals surface area contributed by atoms with Crippen LogP contribution in [0.25, 0.3) is 11.1 Å². The van der Waals surface area contributed by atoms with Gasteiger partial charge in [0.15, 0.2) is 0 Å². The SMILES string of the molecule is Oc1ccc(C(=C2CCc3cc(Br)ccc32)c2ccc(O)cc2)cc1. The Kier molecular flexibility index (Phi) is 4.10. The van der Waals surface area contributed by atoms with E-state index in [1.165, 1.54) is 16.7 Å². The number of rotatable bonds is 2. The van der Waals surface area contributed by atoms with Crippen LogP contribution in [0.15, 0.2) is 71.2 Å². The topological polar surface area (TPSA) is 40.5 Å². The minimum atomic E-state index is 0.259. The second kappa shape index (κ2) is 6.41. The standard InChI is InChI=1S/C22H17BrO2/c23-17-6-12-20-16(13-17)5-11-21(20)22(14-1-7-18(24)8-2-14)15-3-9-19(25)10-4-15/h1-4,6-10,12-13,24-25H,5,11H2. The maximum Gasteiger partial charge on any atom is 0.115 e. The van der Waals surface area contributed by atoms with Crippen LogP contribution in [0.2, 0.25) is 0 Å². The molecule has 25 heavy (non-hydrogen) atoms. The van der Waals surface area contributed by atoms with Crippen LogP contribution < -0.4 is 0 Å². The molecule has 0 saturated carbocycles. The van der Waals surface area contributed by atoms with E-state index in [2.05, 4.69) is 34.1 Å². The second-order valence-corrected chi connectivity index (χ2v) is 7.16. The second-order valence-electron chi connectivity index (χ2n) is 6.25. The Labute approximate surface area is 155 Å². The molecule has 0 radical (unpaired) electrons. The van der Waals surface area contributed by atoms with Crippen molar-refractivity contribution in [3.8, 4) is 11.5 Å². The molecule has 4 rings (SSSR count). The van der Waals surface area contributed by atoms with E-state index in [-0.39, 0.29) is 11.5 Å². The van der Waals surface area contributed by atoms with Crippen molar-refractivity contribution in [2.24, 2.45) is 0 Å². The lowest BCUT2D eigenvalue weighted by molar-refractivity contribution is 0.475. The fourth-order valence-corrected chi connectivity index (χ4v) is 3.90. The van der Waals surface area contributed by atoms with Crippen molar-refractivity contribution >= 4 is 27.1 Å². The summed E-state index contributed by atoms with van der Waals surface area (Å²) in [6.07, 6.45) is 1.99. The van der Waals surface area contributed by atoms with Crippen LogP contribution in [-0.2, 0) is 6.42 Å². The van der Waals surface area contributed by atoms with Gasteiger partial charge in [-0.15, -0.1) is 0 Å². The molecule has 0 amide bonds. The van der Waals surface area contributed by atoms with Crippen molar-refractivity contribution in [2.45, 2.75) is 12.8 Å². The molecule has 0 fully saturated rings. The first kappa shape index (κ1) is 16.0.